The monoisotopic (exact) mass is 513 g/mol. The van der Waals surface area contributed by atoms with E-state index in [0.29, 0.717) is 18.2 Å². The molecule has 36 heavy (non-hydrogen) atoms. The number of benzene rings is 2. The van der Waals surface area contributed by atoms with Crippen molar-refractivity contribution >= 4 is 23.2 Å². The van der Waals surface area contributed by atoms with Crippen LogP contribution in [0.4, 0.5) is 13.2 Å². The number of likely N-dealkylation sites (tertiary alicyclic amines) is 1. The van der Waals surface area contributed by atoms with Crippen LogP contribution in [0, 0.1) is 32.6 Å². The number of amides is 2. The fraction of sp³-hybridized carbons (Fsp3) is 0.370. The molecule has 0 bridgehead atoms. The maximum atomic E-state index is 13.7. The molecule has 5 nitrogen and oxygen atoms in total. The van der Waals surface area contributed by atoms with Gasteiger partial charge < -0.3 is 10.2 Å². The molecule has 2 amide bonds. The van der Waals surface area contributed by atoms with Gasteiger partial charge in [-0.15, -0.1) is 11.3 Å². The Bertz CT molecular complexity index is 1350. The zero-order chi connectivity index (χ0) is 25.8. The normalized spacial score (nSPS) is 20.8. The van der Waals surface area contributed by atoms with Crippen molar-refractivity contribution in [2.45, 2.75) is 39.4 Å². The van der Waals surface area contributed by atoms with Gasteiger partial charge in [0.25, 0.3) is 11.8 Å². The molecule has 9 heteroatoms. The number of rotatable bonds is 5. The number of aryl methyl sites for hydroxylation is 3. The molecule has 1 saturated carbocycles. The topological polar surface area (TPSA) is 62.3 Å². The van der Waals surface area contributed by atoms with E-state index >= 15 is 0 Å². The van der Waals surface area contributed by atoms with Gasteiger partial charge in [0.1, 0.15) is 5.69 Å². The molecule has 1 aromatic heterocycles. The van der Waals surface area contributed by atoms with Crippen molar-refractivity contribution in [2.24, 2.45) is 11.8 Å². The van der Waals surface area contributed by atoms with Crippen LogP contribution in [0.1, 0.15) is 49.0 Å². The third-order valence-electron chi connectivity index (χ3n) is 7.06. The van der Waals surface area contributed by atoms with Crippen LogP contribution in [-0.4, -0.2) is 40.8 Å². The molecule has 2 aliphatic rings. The van der Waals surface area contributed by atoms with Crippen LogP contribution in [-0.2, 0) is 6.18 Å². The summed E-state index contributed by atoms with van der Waals surface area (Å²) in [7, 11) is 0. The second kappa shape index (κ2) is 9.03. The molecule has 1 unspecified atom stereocenters. The van der Waals surface area contributed by atoms with Crippen molar-refractivity contribution in [2.75, 3.05) is 13.1 Å². The minimum atomic E-state index is -4.53. The lowest BCUT2D eigenvalue weighted by Crippen LogP contribution is -2.45. The average molecular weight is 514 g/mol. The van der Waals surface area contributed by atoms with E-state index in [0.717, 1.165) is 33.5 Å². The molecule has 1 aliphatic carbocycles. The molecule has 1 aliphatic heterocycles. The Morgan fingerprint density at radius 3 is 2.64 bits per heavy atom. The van der Waals surface area contributed by atoms with E-state index < -0.39 is 17.6 Å². The van der Waals surface area contributed by atoms with Gasteiger partial charge in [-0.05, 0) is 62.3 Å². The van der Waals surface area contributed by atoms with Gasteiger partial charge in [0.15, 0.2) is 0 Å². The van der Waals surface area contributed by atoms with Gasteiger partial charge in [0, 0.05) is 18.7 Å². The number of alkyl halides is 3. The summed E-state index contributed by atoms with van der Waals surface area (Å²) < 4.78 is 39.8. The Morgan fingerprint density at radius 2 is 1.92 bits per heavy atom. The second-order valence-electron chi connectivity index (χ2n) is 9.70. The molecule has 0 radical (unpaired) electrons. The third-order valence-corrected chi connectivity index (χ3v) is 8.08. The zero-order valence-electron chi connectivity index (χ0n) is 20.1. The minimum absolute atomic E-state index is 0.0481. The fourth-order valence-corrected chi connectivity index (χ4v) is 6.03. The van der Waals surface area contributed by atoms with Gasteiger partial charge in [0.05, 0.1) is 21.5 Å². The predicted molar refractivity (Wildman–Crippen MR) is 132 cm³/mol. The van der Waals surface area contributed by atoms with Crippen LogP contribution >= 0.6 is 11.3 Å². The van der Waals surface area contributed by atoms with Crippen molar-refractivity contribution in [3.8, 4) is 10.4 Å². The summed E-state index contributed by atoms with van der Waals surface area (Å²) in [5.41, 5.74) is 1.64. The minimum Gasteiger partial charge on any atom is -0.350 e. The quantitative estimate of drug-likeness (QED) is 0.480. The number of fused-ring (bicyclic) bond motifs is 1. The van der Waals surface area contributed by atoms with Crippen LogP contribution in [0.2, 0.25) is 0 Å². The first kappa shape index (κ1) is 24.5. The van der Waals surface area contributed by atoms with Gasteiger partial charge in [-0.2, -0.15) is 13.2 Å². The van der Waals surface area contributed by atoms with Crippen molar-refractivity contribution in [3.05, 3.63) is 75.4 Å². The van der Waals surface area contributed by atoms with Crippen molar-refractivity contribution in [1.82, 2.24) is 15.2 Å². The SMILES string of the molecule is Cc1cccc(-c2sc(C)nc2C(=O)N2C[C@@H]3CC3[C@H]2CNC(=O)c2ccc(C)c(C(F)(F)F)c2)c1. The second-order valence-corrected chi connectivity index (χ2v) is 10.9. The van der Waals surface area contributed by atoms with E-state index in [-0.39, 0.29) is 35.5 Å². The van der Waals surface area contributed by atoms with Gasteiger partial charge >= 0.3 is 6.18 Å². The molecule has 188 valence electrons. The molecule has 3 atom stereocenters. The first-order valence-corrected chi connectivity index (χ1v) is 12.7. The van der Waals surface area contributed by atoms with Gasteiger partial charge in [-0.25, -0.2) is 4.98 Å². The van der Waals surface area contributed by atoms with E-state index in [1.165, 1.54) is 30.4 Å². The lowest BCUT2D eigenvalue weighted by molar-refractivity contribution is -0.138. The Balaban J connectivity index is 1.34. The highest BCUT2D eigenvalue weighted by molar-refractivity contribution is 7.15. The summed E-state index contributed by atoms with van der Waals surface area (Å²) in [5, 5.41) is 3.57. The molecule has 3 aromatic rings. The molecular weight excluding hydrogens is 487 g/mol. The summed E-state index contributed by atoms with van der Waals surface area (Å²) in [6.45, 7) is 6.01. The molecule has 1 N–H and O–H groups in total. The maximum absolute atomic E-state index is 13.7. The van der Waals surface area contributed by atoms with Crippen LogP contribution in [0.15, 0.2) is 42.5 Å². The largest absolute Gasteiger partial charge is 0.416 e. The van der Waals surface area contributed by atoms with Crippen molar-refractivity contribution < 1.29 is 22.8 Å². The van der Waals surface area contributed by atoms with Gasteiger partial charge in [0.2, 0.25) is 0 Å². The summed E-state index contributed by atoms with van der Waals surface area (Å²) in [6, 6.07) is 11.3. The molecular formula is C27H26F3N3O2S. The maximum Gasteiger partial charge on any atom is 0.416 e. The highest BCUT2D eigenvalue weighted by Gasteiger charge is 2.54. The number of thiazole rings is 1. The van der Waals surface area contributed by atoms with Gasteiger partial charge in [-0.1, -0.05) is 35.9 Å². The smallest absolute Gasteiger partial charge is 0.350 e. The molecule has 2 fully saturated rings. The standard InChI is InChI=1S/C27H26F3N3O2S/c1-14-5-4-6-17(9-14)24-23(32-16(3)36-24)26(35)33-13-19-10-20(19)22(33)12-31-25(34)18-8-7-15(2)21(11-18)27(28,29)30/h4-9,11,19-20,22H,10,12-13H2,1-3H3,(H,31,34)/t19-,20?,22+/m0/s1. The Kier molecular flexibility index (Phi) is 6.14. The van der Waals surface area contributed by atoms with Gasteiger partial charge in [-0.3, -0.25) is 9.59 Å². The number of hydrogen-bond acceptors (Lipinski definition) is 4. The van der Waals surface area contributed by atoms with E-state index in [1.807, 2.05) is 38.1 Å². The molecule has 1 saturated heterocycles. The highest BCUT2D eigenvalue weighted by atomic mass is 32.1. The number of carbonyl (C=O) groups excluding carboxylic acids is 2. The van der Waals surface area contributed by atoms with E-state index in [9.17, 15) is 22.8 Å². The lowest BCUT2D eigenvalue weighted by atomic mass is 10.0. The first-order chi connectivity index (χ1) is 17.0. The molecule has 2 heterocycles. The summed E-state index contributed by atoms with van der Waals surface area (Å²) >= 11 is 1.48. The predicted octanol–water partition coefficient (Wildman–Crippen LogP) is 5.64. The van der Waals surface area contributed by atoms with Crippen LogP contribution in [0.25, 0.3) is 10.4 Å². The van der Waals surface area contributed by atoms with Crippen molar-refractivity contribution in [3.63, 3.8) is 0 Å². The van der Waals surface area contributed by atoms with Crippen LogP contribution in [0.5, 0.6) is 0 Å². The number of nitrogens with zero attached hydrogens (tertiary/aromatic N) is 2. The van der Waals surface area contributed by atoms with Crippen molar-refractivity contribution in [1.29, 1.82) is 0 Å². The summed E-state index contributed by atoms with van der Waals surface area (Å²) in [6.07, 6.45) is -3.55. The number of piperidine rings is 1. The Morgan fingerprint density at radius 1 is 1.14 bits per heavy atom. The number of carbonyl (C=O) groups is 2. The van der Waals surface area contributed by atoms with E-state index in [4.69, 9.17) is 0 Å². The Labute approximate surface area is 211 Å². The molecule has 2 aromatic carbocycles. The number of aromatic nitrogens is 1. The van der Waals surface area contributed by atoms with E-state index in [2.05, 4.69) is 10.3 Å². The third kappa shape index (κ3) is 4.64. The molecule has 5 rings (SSSR count). The number of halogens is 3. The average Bonchev–Trinajstić information content (AvgIpc) is 3.33. The molecule has 0 spiro atoms. The van der Waals surface area contributed by atoms with Crippen LogP contribution < -0.4 is 5.32 Å². The zero-order valence-corrected chi connectivity index (χ0v) is 21.0. The highest BCUT2D eigenvalue weighted by Crippen LogP contribution is 2.50. The lowest BCUT2D eigenvalue weighted by Gasteiger charge is -2.27. The fourth-order valence-electron chi connectivity index (χ4n) is 5.12. The van der Waals surface area contributed by atoms with Crippen LogP contribution in [0.3, 0.4) is 0 Å². The number of nitrogens with one attached hydrogen (secondary N) is 1. The Hall–Kier alpha value is -3.20. The summed E-state index contributed by atoms with van der Waals surface area (Å²) in [4.78, 5) is 33.6. The number of hydrogen-bond donors (Lipinski definition) is 1. The van der Waals surface area contributed by atoms with E-state index in [1.54, 1.807) is 4.90 Å². The summed E-state index contributed by atoms with van der Waals surface area (Å²) in [5.74, 6) is -0.0895. The first-order valence-electron chi connectivity index (χ1n) is 11.8.